The average Bonchev–Trinajstić information content (AvgIpc) is 2.98. The minimum Gasteiger partial charge on any atom is -0.461 e. The highest BCUT2D eigenvalue weighted by molar-refractivity contribution is 5.88. The van der Waals surface area contributed by atoms with Crippen molar-refractivity contribution in [1.29, 1.82) is 0 Å². The Hall–Kier alpha value is -2.41. The normalized spacial score (nSPS) is 23.0. The van der Waals surface area contributed by atoms with Crippen LogP contribution in [0.4, 0.5) is 10.2 Å². The summed E-state index contributed by atoms with van der Waals surface area (Å²) in [7, 11) is 0. The monoisotopic (exact) mass is 333 g/mol. The number of aliphatic hydroxyl groups is 1. The third kappa shape index (κ3) is 2.75. The Kier molecular flexibility index (Phi) is 4.04. The molecule has 1 aromatic carbocycles. The first kappa shape index (κ1) is 16.4. The molecule has 2 atom stereocenters. The van der Waals surface area contributed by atoms with E-state index in [0.717, 1.165) is 0 Å². The van der Waals surface area contributed by atoms with Crippen LogP contribution < -0.4 is 4.90 Å². The molecule has 0 spiro atoms. The molecule has 7 heteroatoms. The van der Waals surface area contributed by atoms with Crippen LogP contribution in [0.2, 0.25) is 0 Å². The molecule has 2 aromatic rings. The third-order valence-electron chi connectivity index (χ3n) is 4.40. The number of β-amino-alcohol motifs (C(OH)–C–C–N with tert-alkyl or cyclic N) is 1. The lowest BCUT2D eigenvalue weighted by molar-refractivity contribution is -0.00871. The summed E-state index contributed by atoms with van der Waals surface area (Å²) in [5.74, 6) is -0.207. The van der Waals surface area contributed by atoms with Crippen LogP contribution in [0.5, 0.6) is 0 Å². The molecular weight excluding hydrogens is 313 g/mol. The van der Waals surface area contributed by atoms with Crippen LogP contribution in [-0.4, -0.2) is 45.7 Å². The molecule has 0 saturated carbocycles. The number of benzene rings is 1. The second kappa shape index (κ2) is 5.90. The summed E-state index contributed by atoms with van der Waals surface area (Å²) in [5, 5.41) is 14.5. The van der Waals surface area contributed by atoms with E-state index in [0.29, 0.717) is 18.1 Å². The number of nitrogens with zero attached hydrogens (tertiary/aromatic N) is 3. The van der Waals surface area contributed by atoms with Crippen molar-refractivity contribution in [2.45, 2.75) is 32.4 Å². The summed E-state index contributed by atoms with van der Waals surface area (Å²) in [6.45, 7) is 6.06. The number of rotatable bonds is 4. The van der Waals surface area contributed by atoms with Gasteiger partial charge in [0.15, 0.2) is 5.69 Å². The molecule has 6 nitrogen and oxygen atoms in total. The Labute approximate surface area is 139 Å². The topological polar surface area (TPSA) is 67.6 Å². The van der Waals surface area contributed by atoms with E-state index in [2.05, 4.69) is 5.10 Å². The Balaban J connectivity index is 2.02. The first-order chi connectivity index (χ1) is 11.3. The van der Waals surface area contributed by atoms with Crippen molar-refractivity contribution in [3.63, 3.8) is 0 Å². The molecule has 1 saturated heterocycles. The highest BCUT2D eigenvalue weighted by atomic mass is 19.1. The summed E-state index contributed by atoms with van der Waals surface area (Å²) >= 11 is 0. The minimum absolute atomic E-state index is 0.136. The number of anilines is 1. The van der Waals surface area contributed by atoms with Crippen molar-refractivity contribution < 1.29 is 19.0 Å². The standard InChI is InChI=1S/C17H20FN3O3/c1-4-24-16(22)14-9-15(20-10-17(3,23)11(20)2)21(19-14)13-7-5-12(18)6-8-13/h5-9,11,23H,4,10H2,1-3H3/t11-,17-/m1/s1. The van der Waals surface area contributed by atoms with Crippen molar-refractivity contribution in [2.24, 2.45) is 0 Å². The predicted octanol–water partition coefficient (Wildman–Crippen LogP) is 2.15. The summed E-state index contributed by atoms with van der Waals surface area (Å²) in [6.07, 6.45) is 0. The Bertz CT molecular complexity index is 755. The largest absolute Gasteiger partial charge is 0.461 e. The first-order valence-corrected chi connectivity index (χ1v) is 7.85. The zero-order valence-electron chi connectivity index (χ0n) is 13.9. The number of hydrogen-bond acceptors (Lipinski definition) is 5. The van der Waals surface area contributed by atoms with Crippen molar-refractivity contribution >= 4 is 11.8 Å². The molecule has 1 N–H and O–H groups in total. The van der Waals surface area contributed by atoms with Gasteiger partial charge in [0.1, 0.15) is 11.6 Å². The molecule has 0 aliphatic carbocycles. The van der Waals surface area contributed by atoms with Crippen molar-refractivity contribution in [2.75, 3.05) is 18.1 Å². The number of carbonyl (C=O) groups excluding carboxylic acids is 1. The van der Waals surface area contributed by atoms with E-state index in [1.165, 1.54) is 12.1 Å². The molecule has 0 unspecified atom stereocenters. The fraction of sp³-hybridized carbons (Fsp3) is 0.412. The van der Waals surface area contributed by atoms with Crippen LogP contribution in [0.3, 0.4) is 0 Å². The molecule has 0 radical (unpaired) electrons. The number of halogens is 1. The van der Waals surface area contributed by atoms with Gasteiger partial charge in [-0.15, -0.1) is 0 Å². The summed E-state index contributed by atoms with van der Waals surface area (Å²) in [5.41, 5.74) is -0.00209. The van der Waals surface area contributed by atoms with Gasteiger partial charge in [0.2, 0.25) is 0 Å². The van der Waals surface area contributed by atoms with Gasteiger partial charge in [-0.2, -0.15) is 5.10 Å². The van der Waals surface area contributed by atoms with Gasteiger partial charge in [-0.05, 0) is 45.0 Å². The van der Waals surface area contributed by atoms with Crippen molar-refractivity contribution in [3.05, 3.63) is 41.8 Å². The summed E-state index contributed by atoms with van der Waals surface area (Å²) < 4.78 is 19.8. The number of ether oxygens (including phenoxy) is 1. The first-order valence-electron chi connectivity index (χ1n) is 7.85. The van der Waals surface area contributed by atoms with Crippen molar-refractivity contribution in [3.8, 4) is 5.69 Å². The average molecular weight is 333 g/mol. The van der Waals surface area contributed by atoms with Gasteiger partial charge in [-0.25, -0.2) is 13.9 Å². The highest BCUT2D eigenvalue weighted by Gasteiger charge is 2.46. The van der Waals surface area contributed by atoms with E-state index in [1.807, 2.05) is 11.8 Å². The molecule has 24 heavy (non-hydrogen) atoms. The van der Waals surface area contributed by atoms with Crippen LogP contribution in [0, 0.1) is 5.82 Å². The van der Waals surface area contributed by atoms with Gasteiger partial charge in [-0.1, -0.05) is 0 Å². The SMILES string of the molecule is CCOC(=O)c1cc(N2C[C@@](C)(O)[C@H]2C)n(-c2ccc(F)cc2)n1. The van der Waals surface area contributed by atoms with Crippen LogP contribution >= 0.6 is 0 Å². The van der Waals surface area contributed by atoms with Crippen LogP contribution in [0.1, 0.15) is 31.3 Å². The smallest absolute Gasteiger partial charge is 0.358 e. The molecular formula is C17H20FN3O3. The third-order valence-corrected chi connectivity index (χ3v) is 4.40. The molecule has 128 valence electrons. The van der Waals surface area contributed by atoms with E-state index in [9.17, 15) is 14.3 Å². The molecule has 1 fully saturated rings. The Morgan fingerprint density at radius 3 is 2.67 bits per heavy atom. The van der Waals surface area contributed by atoms with E-state index >= 15 is 0 Å². The second-order valence-corrected chi connectivity index (χ2v) is 6.16. The summed E-state index contributed by atoms with van der Waals surface area (Å²) in [4.78, 5) is 14.0. The molecule has 0 amide bonds. The van der Waals surface area contributed by atoms with Crippen LogP contribution in [-0.2, 0) is 4.74 Å². The Morgan fingerprint density at radius 2 is 2.12 bits per heavy atom. The number of carbonyl (C=O) groups is 1. The predicted molar refractivity (Wildman–Crippen MR) is 86.9 cm³/mol. The Morgan fingerprint density at radius 1 is 1.46 bits per heavy atom. The highest BCUT2D eigenvalue weighted by Crippen LogP contribution is 2.35. The zero-order valence-corrected chi connectivity index (χ0v) is 13.9. The summed E-state index contributed by atoms with van der Waals surface area (Å²) in [6, 6.07) is 7.34. The molecule has 2 heterocycles. The lowest BCUT2D eigenvalue weighted by atomic mass is 9.86. The fourth-order valence-electron chi connectivity index (χ4n) is 2.77. The van der Waals surface area contributed by atoms with Gasteiger partial charge < -0.3 is 14.7 Å². The molecule has 3 rings (SSSR count). The van der Waals surface area contributed by atoms with Gasteiger partial charge in [-0.3, -0.25) is 0 Å². The molecule has 1 aliphatic heterocycles. The lowest BCUT2D eigenvalue weighted by Gasteiger charge is -2.52. The zero-order chi connectivity index (χ0) is 17.5. The fourth-order valence-corrected chi connectivity index (χ4v) is 2.77. The maximum atomic E-state index is 13.2. The van der Waals surface area contributed by atoms with E-state index in [-0.39, 0.29) is 24.2 Å². The van der Waals surface area contributed by atoms with Gasteiger partial charge in [0.05, 0.1) is 30.5 Å². The second-order valence-electron chi connectivity index (χ2n) is 6.16. The van der Waals surface area contributed by atoms with Gasteiger partial charge in [0, 0.05) is 6.07 Å². The molecule has 1 aliphatic rings. The number of esters is 1. The number of aromatic nitrogens is 2. The molecule has 0 bridgehead atoms. The van der Waals surface area contributed by atoms with Crippen LogP contribution in [0.15, 0.2) is 30.3 Å². The van der Waals surface area contributed by atoms with Gasteiger partial charge in [0.25, 0.3) is 0 Å². The quantitative estimate of drug-likeness (QED) is 0.869. The van der Waals surface area contributed by atoms with Crippen LogP contribution in [0.25, 0.3) is 5.69 Å². The van der Waals surface area contributed by atoms with Gasteiger partial charge >= 0.3 is 5.97 Å². The maximum Gasteiger partial charge on any atom is 0.358 e. The maximum absolute atomic E-state index is 13.2. The lowest BCUT2D eigenvalue weighted by Crippen LogP contribution is -2.67. The molecule has 1 aromatic heterocycles. The van der Waals surface area contributed by atoms with Crippen molar-refractivity contribution in [1.82, 2.24) is 9.78 Å². The van der Waals surface area contributed by atoms with E-state index < -0.39 is 11.6 Å². The number of hydrogen-bond donors (Lipinski definition) is 1. The van der Waals surface area contributed by atoms with E-state index in [1.54, 1.807) is 36.7 Å². The van der Waals surface area contributed by atoms with E-state index in [4.69, 9.17) is 4.74 Å². The minimum atomic E-state index is -0.804.